The number of β-amino-alcohol motifs (C(OH)–C–C–N with tert-alkyl or cyclic N) is 1. The minimum Gasteiger partial charge on any atom is -0.469 e. The third kappa shape index (κ3) is 3.83. The summed E-state index contributed by atoms with van der Waals surface area (Å²) in [5, 5.41) is 20.0. The number of esters is 1. The average Bonchev–Trinajstić information content (AvgIpc) is 3.11. The second-order valence-electron chi connectivity index (χ2n) is 7.15. The Kier molecular flexibility index (Phi) is 5.61. The van der Waals surface area contributed by atoms with Gasteiger partial charge in [-0.15, -0.1) is 0 Å². The van der Waals surface area contributed by atoms with Crippen molar-refractivity contribution in [3.05, 3.63) is 42.1 Å². The number of anilines is 1. The minimum atomic E-state index is -4.97. The third-order valence-corrected chi connectivity index (χ3v) is 5.35. The van der Waals surface area contributed by atoms with Crippen LogP contribution in [0.1, 0.15) is 12.0 Å². The van der Waals surface area contributed by atoms with Crippen molar-refractivity contribution in [2.45, 2.75) is 18.2 Å². The van der Waals surface area contributed by atoms with Gasteiger partial charge >= 0.3 is 12.1 Å². The maximum atomic E-state index is 14.0. The number of carbonyl (C=O) groups is 1. The lowest BCUT2D eigenvalue weighted by Gasteiger charge is -2.39. The molecule has 10 heteroatoms. The second kappa shape index (κ2) is 7.69. The van der Waals surface area contributed by atoms with E-state index < -0.39 is 30.2 Å². The van der Waals surface area contributed by atoms with E-state index in [1.54, 1.807) is 0 Å². The maximum Gasteiger partial charge on any atom is 0.422 e. The van der Waals surface area contributed by atoms with Crippen molar-refractivity contribution < 1.29 is 33.0 Å². The molecule has 2 heterocycles. The van der Waals surface area contributed by atoms with Crippen LogP contribution >= 0.6 is 0 Å². The largest absolute Gasteiger partial charge is 0.469 e. The number of H-pyrrole nitrogens is 1. The normalized spacial score (nSPS) is 20.5. The highest BCUT2D eigenvalue weighted by Crippen LogP contribution is 2.43. The van der Waals surface area contributed by atoms with Crippen LogP contribution in [0.2, 0.25) is 0 Å². The van der Waals surface area contributed by atoms with E-state index in [0.29, 0.717) is 17.5 Å². The van der Waals surface area contributed by atoms with Gasteiger partial charge in [-0.05, 0) is 18.6 Å². The summed E-state index contributed by atoms with van der Waals surface area (Å²) in [6.45, 7) is 3.27. The number of aliphatic hydroxyl groups is 1. The highest BCUT2D eigenvalue weighted by atomic mass is 19.4. The Labute approximate surface area is 164 Å². The van der Waals surface area contributed by atoms with E-state index >= 15 is 0 Å². The van der Waals surface area contributed by atoms with Gasteiger partial charge in [0.1, 0.15) is 0 Å². The van der Waals surface area contributed by atoms with Gasteiger partial charge in [-0.1, -0.05) is 18.2 Å². The SMILES string of the molecule is C=C1CCN(CC(O)(c2c[nH]c3cc(NO)ccc23)C(F)(F)F)CC1C(=O)OC. The van der Waals surface area contributed by atoms with E-state index in [1.165, 1.54) is 30.2 Å². The number of benzene rings is 1. The molecule has 2 aromatic rings. The van der Waals surface area contributed by atoms with Gasteiger partial charge in [0.15, 0.2) is 0 Å². The van der Waals surface area contributed by atoms with E-state index in [-0.39, 0.29) is 29.7 Å². The lowest BCUT2D eigenvalue weighted by molar-refractivity contribution is -0.271. The number of alkyl halides is 3. The van der Waals surface area contributed by atoms with Crippen molar-refractivity contribution in [3.8, 4) is 0 Å². The zero-order chi connectivity index (χ0) is 21.4. The van der Waals surface area contributed by atoms with E-state index in [9.17, 15) is 23.1 Å². The Morgan fingerprint density at radius 2 is 2.17 bits per heavy atom. The molecule has 158 valence electrons. The fourth-order valence-corrected chi connectivity index (χ4v) is 3.67. The first-order chi connectivity index (χ1) is 13.6. The number of nitrogens with zero attached hydrogens (tertiary/aromatic N) is 1. The summed E-state index contributed by atoms with van der Waals surface area (Å²) in [6, 6.07) is 4.20. The third-order valence-electron chi connectivity index (χ3n) is 5.35. The van der Waals surface area contributed by atoms with Gasteiger partial charge in [0.2, 0.25) is 5.60 Å². The van der Waals surface area contributed by atoms with Crippen molar-refractivity contribution in [2.24, 2.45) is 5.92 Å². The standard InChI is InChI=1S/C19H22F3N3O4/c1-11-5-6-25(9-14(11)17(26)29-2)10-18(27,19(20,21)22)15-8-23-16-7-12(24-28)3-4-13(15)16/h3-4,7-8,14,23-24,27-28H,1,5-6,9-10H2,2H3. The molecule has 3 rings (SSSR count). The molecule has 1 aromatic heterocycles. The van der Waals surface area contributed by atoms with Gasteiger partial charge in [0.05, 0.1) is 18.7 Å². The van der Waals surface area contributed by atoms with Gasteiger partial charge in [-0.2, -0.15) is 13.2 Å². The van der Waals surface area contributed by atoms with Crippen LogP contribution in [0.4, 0.5) is 18.9 Å². The monoisotopic (exact) mass is 413 g/mol. The topological polar surface area (TPSA) is 97.8 Å². The van der Waals surface area contributed by atoms with Crippen LogP contribution in [0, 0.1) is 5.92 Å². The number of aromatic nitrogens is 1. The molecule has 1 saturated heterocycles. The van der Waals surface area contributed by atoms with Gasteiger partial charge < -0.3 is 14.8 Å². The van der Waals surface area contributed by atoms with Crippen LogP contribution in [-0.2, 0) is 15.1 Å². The molecule has 1 fully saturated rings. The van der Waals surface area contributed by atoms with Crippen LogP contribution in [0.15, 0.2) is 36.5 Å². The zero-order valence-electron chi connectivity index (χ0n) is 15.7. The second-order valence-corrected chi connectivity index (χ2v) is 7.15. The quantitative estimate of drug-likeness (QED) is 0.342. The Morgan fingerprint density at radius 1 is 1.45 bits per heavy atom. The Morgan fingerprint density at radius 3 is 2.79 bits per heavy atom. The zero-order valence-corrected chi connectivity index (χ0v) is 15.7. The summed E-state index contributed by atoms with van der Waals surface area (Å²) >= 11 is 0. The number of rotatable bonds is 5. The molecule has 2 atom stereocenters. The lowest BCUT2D eigenvalue weighted by Crippen LogP contribution is -2.53. The van der Waals surface area contributed by atoms with Crippen LogP contribution in [0.5, 0.6) is 0 Å². The van der Waals surface area contributed by atoms with Crippen LogP contribution in [-0.4, -0.2) is 59.1 Å². The molecule has 0 saturated carbocycles. The Bertz CT molecular complexity index is 919. The van der Waals surface area contributed by atoms with Gasteiger partial charge in [0, 0.05) is 42.3 Å². The molecule has 0 radical (unpaired) electrons. The molecule has 0 spiro atoms. The van der Waals surface area contributed by atoms with E-state index in [1.807, 2.05) is 5.48 Å². The van der Waals surface area contributed by atoms with Crippen molar-refractivity contribution in [3.63, 3.8) is 0 Å². The van der Waals surface area contributed by atoms with Crippen LogP contribution < -0.4 is 5.48 Å². The summed E-state index contributed by atoms with van der Waals surface area (Å²) < 4.78 is 46.8. The molecule has 0 amide bonds. The van der Waals surface area contributed by atoms with Crippen LogP contribution in [0.25, 0.3) is 10.9 Å². The van der Waals surface area contributed by atoms with Crippen molar-refractivity contribution in [1.29, 1.82) is 0 Å². The lowest BCUT2D eigenvalue weighted by atomic mass is 9.88. The van der Waals surface area contributed by atoms with Crippen LogP contribution in [0.3, 0.4) is 0 Å². The van der Waals surface area contributed by atoms with E-state index in [0.717, 1.165) is 6.20 Å². The first-order valence-corrected chi connectivity index (χ1v) is 8.89. The number of aromatic amines is 1. The van der Waals surface area contributed by atoms with Gasteiger partial charge in [0.25, 0.3) is 0 Å². The number of nitrogens with one attached hydrogen (secondary N) is 2. The Hall–Kier alpha value is -2.56. The van der Waals surface area contributed by atoms with Crippen molar-refractivity contribution in [2.75, 3.05) is 32.2 Å². The van der Waals surface area contributed by atoms with Gasteiger partial charge in [-0.3, -0.25) is 20.4 Å². The number of fused-ring (bicyclic) bond motifs is 1. The molecule has 0 aliphatic carbocycles. The molecule has 1 aliphatic rings. The summed E-state index contributed by atoms with van der Waals surface area (Å²) in [5.41, 5.74) is -0.369. The molecule has 1 aliphatic heterocycles. The fraction of sp³-hybridized carbons (Fsp3) is 0.421. The maximum absolute atomic E-state index is 14.0. The number of methoxy groups -OCH3 is 1. The molecular weight excluding hydrogens is 391 g/mol. The predicted octanol–water partition coefficient (Wildman–Crippen LogP) is 2.77. The first kappa shape index (κ1) is 21.2. The molecular formula is C19H22F3N3O4. The summed E-state index contributed by atoms with van der Waals surface area (Å²) in [7, 11) is 1.21. The first-order valence-electron chi connectivity index (χ1n) is 8.89. The molecule has 7 nitrogen and oxygen atoms in total. The summed E-state index contributed by atoms with van der Waals surface area (Å²) in [4.78, 5) is 16.0. The molecule has 1 aromatic carbocycles. The smallest absolute Gasteiger partial charge is 0.422 e. The average molecular weight is 413 g/mol. The summed E-state index contributed by atoms with van der Waals surface area (Å²) in [6.07, 6.45) is -3.53. The summed E-state index contributed by atoms with van der Waals surface area (Å²) in [5.74, 6) is -1.31. The molecule has 0 bridgehead atoms. The van der Waals surface area contributed by atoms with Crippen molar-refractivity contribution >= 4 is 22.6 Å². The molecule has 2 unspecified atom stereocenters. The van der Waals surface area contributed by atoms with Gasteiger partial charge in [-0.25, -0.2) is 0 Å². The number of likely N-dealkylation sites (tertiary alicyclic amines) is 1. The number of carbonyl (C=O) groups excluding carboxylic acids is 1. The van der Waals surface area contributed by atoms with E-state index in [4.69, 9.17) is 9.94 Å². The van der Waals surface area contributed by atoms with E-state index in [2.05, 4.69) is 11.6 Å². The predicted molar refractivity (Wildman–Crippen MR) is 99.4 cm³/mol. The molecule has 4 N–H and O–H groups in total. The number of halogens is 3. The Balaban J connectivity index is 1.96. The number of piperidine rings is 1. The number of ether oxygens (including phenoxy) is 1. The van der Waals surface area contributed by atoms with Crippen molar-refractivity contribution in [1.82, 2.24) is 9.88 Å². The number of hydrogen-bond acceptors (Lipinski definition) is 6. The molecule has 29 heavy (non-hydrogen) atoms. The minimum absolute atomic E-state index is 0.0230. The number of hydrogen-bond donors (Lipinski definition) is 4. The highest BCUT2D eigenvalue weighted by Gasteiger charge is 2.57. The fourth-order valence-electron chi connectivity index (χ4n) is 3.67. The highest BCUT2D eigenvalue weighted by molar-refractivity contribution is 5.87.